The topological polar surface area (TPSA) is 49.6 Å². The van der Waals surface area contributed by atoms with Crippen molar-refractivity contribution in [1.29, 1.82) is 5.26 Å². The van der Waals surface area contributed by atoms with E-state index in [1.165, 1.54) is 25.0 Å². The van der Waals surface area contributed by atoms with Crippen LogP contribution in [0.3, 0.4) is 0 Å². The Morgan fingerprint density at radius 1 is 0.923 bits per heavy atom. The number of hydrogen-bond donors (Lipinski definition) is 0. The van der Waals surface area contributed by atoms with Gasteiger partial charge in [0.15, 0.2) is 5.82 Å². The van der Waals surface area contributed by atoms with Gasteiger partial charge in [0, 0.05) is 18.0 Å². The molecule has 1 heterocycles. The van der Waals surface area contributed by atoms with Crippen molar-refractivity contribution in [3.63, 3.8) is 0 Å². The molecule has 3 aromatic rings. The molecule has 0 atom stereocenters. The zero-order chi connectivity index (χ0) is 18.4. The van der Waals surface area contributed by atoms with Crippen molar-refractivity contribution in [1.82, 2.24) is 9.97 Å². The van der Waals surface area contributed by atoms with Crippen molar-refractivity contribution in [2.24, 2.45) is 0 Å². The van der Waals surface area contributed by atoms with Crippen LogP contribution >= 0.6 is 0 Å². The van der Waals surface area contributed by atoms with Crippen LogP contribution < -0.4 is 0 Å². The van der Waals surface area contributed by atoms with E-state index in [-0.39, 0.29) is 5.56 Å². The molecular formula is C22H20FN3. The molecular weight excluding hydrogens is 325 g/mol. The minimum Gasteiger partial charge on any atom is -0.236 e. The normalized spacial score (nSPS) is 10.5. The molecule has 0 amide bonds. The molecule has 0 radical (unpaired) electrons. The van der Waals surface area contributed by atoms with Crippen molar-refractivity contribution in [2.45, 2.75) is 32.6 Å². The molecule has 0 aliphatic carbocycles. The van der Waals surface area contributed by atoms with Gasteiger partial charge in [-0.25, -0.2) is 14.4 Å². The molecule has 4 heteroatoms. The lowest BCUT2D eigenvalue weighted by Gasteiger charge is -2.06. The maximum absolute atomic E-state index is 13.8. The van der Waals surface area contributed by atoms with E-state index in [4.69, 9.17) is 5.26 Å². The Bertz CT molecular complexity index is 910. The van der Waals surface area contributed by atoms with Gasteiger partial charge in [-0.3, -0.25) is 0 Å². The Morgan fingerprint density at radius 2 is 1.58 bits per heavy atom. The number of nitriles is 1. The minimum atomic E-state index is -0.504. The second-order valence-electron chi connectivity index (χ2n) is 6.26. The number of unbranched alkanes of at least 4 members (excludes halogenated alkanes) is 2. The van der Waals surface area contributed by atoms with Gasteiger partial charge in [0.1, 0.15) is 11.9 Å². The van der Waals surface area contributed by atoms with E-state index in [1.54, 1.807) is 6.07 Å². The second kappa shape index (κ2) is 8.35. The molecule has 3 nitrogen and oxygen atoms in total. The van der Waals surface area contributed by atoms with Crippen LogP contribution in [-0.4, -0.2) is 9.97 Å². The van der Waals surface area contributed by atoms with E-state index < -0.39 is 5.82 Å². The summed E-state index contributed by atoms with van der Waals surface area (Å²) in [5, 5.41) is 8.82. The van der Waals surface area contributed by atoms with Gasteiger partial charge < -0.3 is 0 Å². The van der Waals surface area contributed by atoms with Gasteiger partial charge in [-0.15, -0.1) is 0 Å². The zero-order valence-corrected chi connectivity index (χ0v) is 14.7. The predicted octanol–water partition coefficient (Wildman–Crippen LogP) is 5.55. The first-order valence-electron chi connectivity index (χ1n) is 8.82. The molecule has 0 N–H and O–H groups in total. The van der Waals surface area contributed by atoms with Gasteiger partial charge in [0.25, 0.3) is 0 Å². The van der Waals surface area contributed by atoms with Gasteiger partial charge in [-0.05, 0) is 41.7 Å². The molecule has 0 saturated carbocycles. The van der Waals surface area contributed by atoms with Crippen LogP contribution in [0.15, 0.2) is 54.9 Å². The number of halogens is 1. The molecule has 0 aliphatic heterocycles. The number of hydrogen-bond acceptors (Lipinski definition) is 3. The van der Waals surface area contributed by atoms with Crippen LogP contribution in [0.5, 0.6) is 0 Å². The van der Waals surface area contributed by atoms with Crippen LogP contribution in [0.1, 0.15) is 37.3 Å². The van der Waals surface area contributed by atoms with Crippen molar-refractivity contribution < 1.29 is 4.39 Å². The van der Waals surface area contributed by atoms with Gasteiger partial charge in [-0.2, -0.15) is 5.26 Å². The van der Waals surface area contributed by atoms with E-state index in [0.717, 1.165) is 35.1 Å². The zero-order valence-electron chi connectivity index (χ0n) is 14.7. The SMILES string of the molecule is CCCCCc1cnc(-c2ccc(-c3ccc(C#N)c(F)c3)cc2)nc1. The van der Waals surface area contributed by atoms with Crippen LogP contribution in [0.25, 0.3) is 22.5 Å². The highest BCUT2D eigenvalue weighted by atomic mass is 19.1. The molecule has 130 valence electrons. The molecule has 0 bridgehead atoms. The van der Waals surface area contributed by atoms with E-state index in [0.29, 0.717) is 5.82 Å². The smallest absolute Gasteiger partial charge is 0.159 e. The van der Waals surface area contributed by atoms with Crippen molar-refractivity contribution in [3.05, 3.63) is 71.8 Å². The van der Waals surface area contributed by atoms with Crippen LogP contribution in [0, 0.1) is 17.1 Å². The standard InChI is InChI=1S/C22H20FN3/c1-2-3-4-5-16-14-25-22(26-15-16)18-8-6-17(7-9-18)19-10-11-20(13-24)21(23)12-19/h6-12,14-15H,2-5H2,1H3. The quantitative estimate of drug-likeness (QED) is 0.550. The summed E-state index contributed by atoms with van der Waals surface area (Å²) in [6, 6.07) is 14.1. The molecule has 0 spiro atoms. The molecule has 1 aromatic heterocycles. The summed E-state index contributed by atoms with van der Waals surface area (Å²) in [5.74, 6) is 0.179. The first kappa shape index (κ1) is 17.8. The van der Waals surface area contributed by atoms with Crippen molar-refractivity contribution in [3.8, 4) is 28.6 Å². The third-order valence-corrected chi connectivity index (χ3v) is 4.34. The monoisotopic (exact) mass is 345 g/mol. The minimum absolute atomic E-state index is 0.0535. The molecule has 2 aromatic carbocycles. The summed E-state index contributed by atoms with van der Waals surface area (Å²) < 4.78 is 13.8. The Kier molecular flexibility index (Phi) is 5.70. The maximum atomic E-state index is 13.8. The Hall–Kier alpha value is -3.06. The Balaban J connectivity index is 1.75. The van der Waals surface area contributed by atoms with E-state index in [1.807, 2.05) is 42.7 Å². The fraction of sp³-hybridized carbons (Fsp3) is 0.227. The fourth-order valence-electron chi connectivity index (χ4n) is 2.81. The van der Waals surface area contributed by atoms with Crippen molar-refractivity contribution in [2.75, 3.05) is 0 Å². The lowest BCUT2D eigenvalue weighted by molar-refractivity contribution is 0.624. The van der Waals surface area contributed by atoms with E-state index in [2.05, 4.69) is 16.9 Å². The molecule has 0 saturated heterocycles. The number of rotatable bonds is 6. The highest BCUT2D eigenvalue weighted by Gasteiger charge is 2.06. The molecule has 26 heavy (non-hydrogen) atoms. The molecule has 0 unspecified atom stereocenters. The number of benzene rings is 2. The van der Waals surface area contributed by atoms with Crippen LogP contribution in [-0.2, 0) is 6.42 Å². The number of nitrogens with zero attached hydrogens (tertiary/aromatic N) is 3. The predicted molar refractivity (Wildman–Crippen MR) is 101 cm³/mol. The average molecular weight is 345 g/mol. The van der Waals surface area contributed by atoms with E-state index in [9.17, 15) is 4.39 Å². The summed E-state index contributed by atoms with van der Waals surface area (Å²) in [7, 11) is 0. The highest BCUT2D eigenvalue weighted by Crippen LogP contribution is 2.24. The Morgan fingerprint density at radius 3 is 2.19 bits per heavy atom. The lowest BCUT2D eigenvalue weighted by atomic mass is 10.0. The molecule has 3 rings (SSSR count). The first-order valence-corrected chi connectivity index (χ1v) is 8.82. The highest BCUT2D eigenvalue weighted by molar-refractivity contribution is 5.68. The summed E-state index contributed by atoms with van der Waals surface area (Å²) in [6.07, 6.45) is 8.38. The maximum Gasteiger partial charge on any atom is 0.159 e. The molecule has 0 aliphatic rings. The summed E-state index contributed by atoms with van der Waals surface area (Å²) in [6.45, 7) is 2.19. The molecule has 0 fully saturated rings. The largest absolute Gasteiger partial charge is 0.236 e. The third kappa shape index (κ3) is 4.12. The van der Waals surface area contributed by atoms with Gasteiger partial charge >= 0.3 is 0 Å². The van der Waals surface area contributed by atoms with Gasteiger partial charge in [0.05, 0.1) is 5.56 Å². The number of aromatic nitrogens is 2. The fourth-order valence-corrected chi connectivity index (χ4v) is 2.81. The average Bonchev–Trinajstić information content (AvgIpc) is 2.69. The van der Waals surface area contributed by atoms with E-state index >= 15 is 0 Å². The summed E-state index contributed by atoms with van der Waals surface area (Å²) in [5.41, 5.74) is 3.75. The lowest BCUT2D eigenvalue weighted by Crippen LogP contribution is -1.93. The van der Waals surface area contributed by atoms with Crippen LogP contribution in [0.2, 0.25) is 0 Å². The summed E-state index contributed by atoms with van der Waals surface area (Å²) in [4.78, 5) is 8.92. The van der Waals surface area contributed by atoms with Gasteiger partial charge in [-0.1, -0.05) is 50.1 Å². The van der Waals surface area contributed by atoms with Crippen LogP contribution in [0.4, 0.5) is 4.39 Å². The summed E-state index contributed by atoms with van der Waals surface area (Å²) >= 11 is 0. The van der Waals surface area contributed by atoms with Gasteiger partial charge in [0.2, 0.25) is 0 Å². The Labute approximate surface area is 153 Å². The second-order valence-corrected chi connectivity index (χ2v) is 6.26. The van der Waals surface area contributed by atoms with Crippen molar-refractivity contribution >= 4 is 0 Å². The first-order chi connectivity index (χ1) is 12.7. The number of aryl methyl sites for hydroxylation is 1. The third-order valence-electron chi connectivity index (χ3n) is 4.34.